The van der Waals surface area contributed by atoms with Gasteiger partial charge in [-0.3, -0.25) is 0 Å². The van der Waals surface area contributed by atoms with Crippen molar-refractivity contribution in [2.24, 2.45) is 5.73 Å². The summed E-state index contributed by atoms with van der Waals surface area (Å²) in [6, 6.07) is 2.07. The Bertz CT molecular complexity index is 319. The van der Waals surface area contributed by atoms with Gasteiger partial charge in [-0.1, -0.05) is 0 Å². The molecule has 0 aliphatic carbocycles. The summed E-state index contributed by atoms with van der Waals surface area (Å²) in [4.78, 5) is 4.08. The molecule has 13 heavy (non-hydrogen) atoms. The number of aromatic nitrogens is 2. The highest BCUT2D eigenvalue weighted by Crippen LogP contribution is 2.07. The molecule has 0 spiro atoms. The van der Waals surface area contributed by atoms with Crippen molar-refractivity contribution in [3.8, 4) is 6.07 Å². The molecule has 1 heterocycles. The zero-order chi connectivity index (χ0) is 9.90. The van der Waals surface area contributed by atoms with Crippen LogP contribution in [-0.2, 0) is 6.54 Å². The Hall–Kier alpha value is -1.34. The molecule has 1 atom stereocenters. The van der Waals surface area contributed by atoms with Crippen molar-refractivity contribution in [2.45, 2.75) is 32.4 Å². The van der Waals surface area contributed by atoms with Gasteiger partial charge in [-0.15, -0.1) is 0 Å². The number of hydrogen-bond acceptors (Lipinski definition) is 3. The second-order valence-corrected chi connectivity index (χ2v) is 3.45. The summed E-state index contributed by atoms with van der Waals surface area (Å²) in [6.45, 7) is 4.41. The molecule has 4 heteroatoms. The van der Waals surface area contributed by atoms with E-state index in [1.807, 2.05) is 17.7 Å². The number of nitriles is 1. The summed E-state index contributed by atoms with van der Waals surface area (Å²) >= 11 is 0. The summed E-state index contributed by atoms with van der Waals surface area (Å²) in [5.41, 5.74) is 4.95. The summed E-state index contributed by atoms with van der Waals surface area (Å²) in [5, 5.41) is 8.69. The van der Waals surface area contributed by atoms with Crippen molar-refractivity contribution in [1.29, 1.82) is 5.26 Å². The van der Waals surface area contributed by atoms with Crippen LogP contribution >= 0.6 is 0 Å². The van der Waals surface area contributed by atoms with Gasteiger partial charge in [0.1, 0.15) is 11.4 Å². The molecule has 1 aromatic heterocycles. The van der Waals surface area contributed by atoms with Crippen molar-refractivity contribution in [2.75, 3.05) is 0 Å². The van der Waals surface area contributed by atoms with E-state index in [2.05, 4.69) is 11.1 Å². The molecule has 0 aliphatic rings. The lowest BCUT2D eigenvalue weighted by Gasteiger charge is -2.15. The highest BCUT2D eigenvalue weighted by molar-refractivity contribution is 5.01. The monoisotopic (exact) mass is 178 g/mol. The van der Waals surface area contributed by atoms with E-state index in [4.69, 9.17) is 11.0 Å². The Morgan fingerprint density at radius 3 is 2.92 bits per heavy atom. The van der Waals surface area contributed by atoms with Crippen LogP contribution in [0.1, 0.15) is 19.2 Å². The third-order valence-corrected chi connectivity index (χ3v) is 2.05. The van der Waals surface area contributed by atoms with Crippen molar-refractivity contribution >= 4 is 0 Å². The minimum atomic E-state index is -0.739. The van der Waals surface area contributed by atoms with Gasteiger partial charge >= 0.3 is 0 Å². The minimum Gasteiger partial charge on any atom is -0.335 e. The molecule has 0 bridgehead atoms. The van der Waals surface area contributed by atoms with Gasteiger partial charge < -0.3 is 10.3 Å². The van der Waals surface area contributed by atoms with E-state index >= 15 is 0 Å². The van der Waals surface area contributed by atoms with Gasteiger partial charge in [-0.25, -0.2) is 4.98 Å². The van der Waals surface area contributed by atoms with Crippen molar-refractivity contribution in [3.05, 3.63) is 18.2 Å². The lowest BCUT2D eigenvalue weighted by molar-refractivity contribution is 0.485. The van der Waals surface area contributed by atoms with E-state index < -0.39 is 5.54 Å². The van der Waals surface area contributed by atoms with E-state index in [1.54, 1.807) is 13.1 Å². The molecule has 1 unspecified atom stereocenters. The van der Waals surface area contributed by atoms with Gasteiger partial charge in [-0.05, 0) is 20.3 Å². The molecule has 0 aliphatic heterocycles. The fourth-order valence-electron chi connectivity index (χ4n) is 1.05. The summed E-state index contributed by atoms with van der Waals surface area (Å²) < 4.78 is 1.99. The molecule has 0 saturated carbocycles. The fourth-order valence-corrected chi connectivity index (χ4v) is 1.05. The van der Waals surface area contributed by atoms with Gasteiger partial charge in [0.05, 0.1) is 6.07 Å². The Morgan fingerprint density at radius 2 is 2.46 bits per heavy atom. The zero-order valence-electron chi connectivity index (χ0n) is 7.99. The van der Waals surface area contributed by atoms with Gasteiger partial charge in [0.2, 0.25) is 0 Å². The molecule has 0 aromatic carbocycles. The van der Waals surface area contributed by atoms with Crippen LogP contribution in [0, 0.1) is 18.3 Å². The molecular weight excluding hydrogens is 164 g/mol. The SMILES string of the molecule is Cc1nccn1CCC(C)(N)C#N. The summed E-state index contributed by atoms with van der Waals surface area (Å²) in [5.74, 6) is 0.953. The van der Waals surface area contributed by atoms with E-state index in [-0.39, 0.29) is 0 Å². The van der Waals surface area contributed by atoms with Crippen LogP contribution in [0.15, 0.2) is 12.4 Å². The van der Waals surface area contributed by atoms with Crippen LogP contribution < -0.4 is 5.73 Å². The number of aryl methyl sites for hydroxylation is 2. The molecule has 1 rings (SSSR count). The van der Waals surface area contributed by atoms with Crippen LogP contribution in [0.2, 0.25) is 0 Å². The molecule has 0 fully saturated rings. The van der Waals surface area contributed by atoms with E-state index in [0.29, 0.717) is 6.42 Å². The lowest BCUT2D eigenvalue weighted by atomic mass is 10.0. The smallest absolute Gasteiger partial charge is 0.105 e. The predicted octanol–water partition coefficient (Wildman–Crippen LogP) is 0.823. The van der Waals surface area contributed by atoms with Gasteiger partial charge in [0.25, 0.3) is 0 Å². The largest absolute Gasteiger partial charge is 0.335 e. The average Bonchev–Trinajstić information content (AvgIpc) is 2.48. The van der Waals surface area contributed by atoms with Crippen LogP contribution in [0.25, 0.3) is 0 Å². The lowest BCUT2D eigenvalue weighted by Crippen LogP contribution is -2.35. The highest BCUT2D eigenvalue weighted by atomic mass is 15.1. The first kappa shape index (κ1) is 9.75. The number of nitrogens with two attached hydrogens (primary N) is 1. The van der Waals surface area contributed by atoms with Crippen LogP contribution in [0.4, 0.5) is 0 Å². The maximum atomic E-state index is 8.69. The first-order valence-electron chi connectivity index (χ1n) is 4.23. The van der Waals surface area contributed by atoms with Crippen molar-refractivity contribution < 1.29 is 0 Å². The Balaban J connectivity index is 2.54. The Labute approximate surface area is 78.0 Å². The van der Waals surface area contributed by atoms with Gasteiger partial charge in [0, 0.05) is 18.9 Å². The second kappa shape index (κ2) is 3.58. The van der Waals surface area contributed by atoms with Gasteiger partial charge in [-0.2, -0.15) is 5.26 Å². The molecule has 0 saturated heterocycles. The van der Waals surface area contributed by atoms with Crippen LogP contribution in [0.3, 0.4) is 0 Å². The first-order valence-corrected chi connectivity index (χ1v) is 4.23. The van der Waals surface area contributed by atoms with Crippen molar-refractivity contribution in [3.63, 3.8) is 0 Å². The standard InChI is InChI=1S/C9H14N4/c1-8-12-4-6-13(8)5-3-9(2,11)7-10/h4,6H,3,5,11H2,1-2H3. The number of imidazole rings is 1. The average molecular weight is 178 g/mol. The van der Waals surface area contributed by atoms with Crippen LogP contribution in [-0.4, -0.2) is 15.1 Å². The molecular formula is C9H14N4. The first-order chi connectivity index (χ1) is 6.05. The second-order valence-electron chi connectivity index (χ2n) is 3.45. The third-order valence-electron chi connectivity index (χ3n) is 2.05. The highest BCUT2D eigenvalue weighted by Gasteiger charge is 2.16. The van der Waals surface area contributed by atoms with E-state index in [9.17, 15) is 0 Å². The van der Waals surface area contributed by atoms with E-state index in [1.165, 1.54) is 0 Å². The topological polar surface area (TPSA) is 67.6 Å². The Kier molecular flexibility index (Phi) is 2.69. The van der Waals surface area contributed by atoms with Crippen LogP contribution in [0.5, 0.6) is 0 Å². The predicted molar refractivity (Wildman–Crippen MR) is 49.8 cm³/mol. The molecule has 4 nitrogen and oxygen atoms in total. The third kappa shape index (κ3) is 2.56. The number of nitrogens with zero attached hydrogens (tertiary/aromatic N) is 3. The quantitative estimate of drug-likeness (QED) is 0.745. The maximum absolute atomic E-state index is 8.69. The Morgan fingerprint density at radius 1 is 1.77 bits per heavy atom. The number of rotatable bonds is 3. The van der Waals surface area contributed by atoms with Gasteiger partial charge in [0.15, 0.2) is 0 Å². The fraction of sp³-hybridized carbons (Fsp3) is 0.556. The van der Waals surface area contributed by atoms with E-state index in [0.717, 1.165) is 12.4 Å². The summed E-state index contributed by atoms with van der Waals surface area (Å²) in [6.07, 6.45) is 4.28. The normalized spacial score (nSPS) is 14.9. The zero-order valence-corrected chi connectivity index (χ0v) is 7.99. The minimum absolute atomic E-state index is 0.640. The molecule has 2 N–H and O–H groups in total. The van der Waals surface area contributed by atoms with Crippen molar-refractivity contribution in [1.82, 2.24) is 9.55 Å². The molecule has 0 amide bonds. The molecule has 0 radical (unpaired) electrons. The number of hydrogen-bond donors (Lipinski definition) is 1. The summed E-state index contributed by atoms with van der Waals surface area (Å²) in [7, 11) is 0. The maximum Gasteiger partial charge on any atom is 0.105 e. The molecule has 1 aromatic rings. The molecule has 70 valence electrons.